The maximum Gasteiger partial charge on any atom is 0.279 e. The maximum atomic E-state index is 13.0. The molecule has 0 aliphatic carbocycles. The molecule has 3 aromatic carbocycles. The Morgan fingerprint density at radius 2 is 1.37 bits per heavy atom. The zero-order valence-corrected chi connectivity index (χ0v) is 17.2. The van der Waals surface area contributed by atoms with Crippen molar-refractivity contribution in [3.8, 4) is 5.75 Å². The van der Waals surface area contributed by atoms with E-state index in [4.69, 9.17) is 4.74 Å². The van der Waals surface area contributed by atoms with Crippen molar-refractivity contribution in [3.63, 3.8) is 0 Å². The topological polar surface area (TPSA) is 67.4 Å². The van der Waals surface area contributed by atoms with E-state index in [1.165, 1.54) is 0 Å². The number of carbonyl (C=O) groups excluding carboxylic acids is 2. The molecular formula is C25H26N2O3. The highest BCUT2D eigenvalue weighted by Crippen LogP contribution is 2.24. The summed E-state index contributed by atoms with van der Waals surface area (Å²) in [4.78, 5) is 25.6. The molecular weight excluding hydrogens is 376 g/mol. The Hall–Kier alpha value is -3.60. The van der Waals surface area contributed by atoms with Crippen LogP contribution in [0.5, 0.6) is 5.75 Å². The minimum absolute atomic E-state index is 0.314. The fourth-order valence-corrected chi connectivity index (χ4v) is 3.24. The van der Waals surface area contributed by atoms with Gasteiger partial charge >= 0.3 is 0 Å². The minimum atomic E-state index is -0.709. The van der Waals surface area contributed by atoms with Crippen molar-refractivity contribution < 1.29 is 14.3 Å². The van der Waals surface area contributed by atoms with Crippen LogP contribution in [0.15, 0.2) is 84.9 Å². The van der Waals surface area contributed by atoms with Crippen LogP contribution in [0, 0.1) is 6.92 Å². The molecule has 154 valence electrons. The molecule has 0 bridgehead atoms. The van der Waals surface area contributed by atoms with Gasteiger partial charge in [-0.3, -0.25) is 20.4 Å². The number of benzene rings is 3. The van der Waals surface area contributed by atoms with Crippen LogP contribution in [0.3, 0.4) is 0 Å². The molecule has 0 aliphatic heterocycles. The van der Waals surface area contributed by atoms with E-state index in [2.05, 4.69) is 10.9 Å². The standard InChI is InChI=1S/C25H26N2O3/c1-3-22(30-21-16-10-11-18(2)17-21)24(28)26-27-25(29)23(19-12-6-4-7-13-19)20-14-8-5-9-15-20/h4-17,22-23H,3H2,1-2H3,(H,26,28)(H,27,29). The number of ether oxygens (including phenoxy) is 1. The zero-order valence-electron chi connectivity index (χ0n) is 17.2. The van der Waals surface area contributed by atoms with Crippen molar-refractivity contribution in [2.75, 3.05) is 0 Å². The number of aryl methyl sites for hydroxylation is 1. The Balaban J connectivity index is 1.69. The van der Waals surface area contributed by atoms with Gasteiger partial charge in [0.15, 0.2) is 6.10 Å². The molecule has 30 heavy (non-hydrogen) atoms. The van der Waals surface area contributed by atoms with Crippen molar-refractivity contribution in [1.29, 1.82) is 0 Å². The maximum absolute atomic E-state index is 13.0. The average molecular weight is 402 g/mol. The summed E-state index contributed by atoms with van der Waals surface area (Å²) in [7, 11) is 0. The van der Waals surface area contributed by atoms with Crippen molar-refractivity contribution in [2.45, 2.75) is 32.3 Å². The first-order chi connectivity index (χ1) is 14.6. The summed E-state index contributed by atoms with van der Waals surface area (Å²) in [5.74, 6) is -0.626. The monoisotopic (exact) mass is 402 g/mol. The van der Waals surface area contributed by atoms with Gasteiger partial charge in [-0.2, -0.15) is 0 Å². The molecule has 0 aliphatic rings. The molecule has 0 heterocycles. The number of hydrogen-bond acceptors (Lipinski definition) is 3. The first-order valence-corrected chi connectivity index (χ1v) is 10.0. The molecule has 0 saturated carbocycles. The molecule has 0 spiro atoms. The minimum Gasteiger partial charge on any atom is -0.481 e. The van der Waals surface area contributed by atoms with Crippen molar-refractivity contribution in [2.24, 2.45) is 0 Å². The van der Waals surface area contributed by atoms with Crippen LogP contribution < -0.4 is 15.6 Å². The van der Waals surface area contributed by atoms with Crippen LogP contribution in [0.2, 0.25) is 0 Å². The molecule has 2 N–H and O–H groups in total. The second kappa shape index (κ2) is 10.3. The molecule has 0 aromatic heterocycles. The van der Waals surface area contributed by atoms with Crippen LogP contribution >= 0.6 is 0 Å². The first kappa shape index (κ1) is 21.1. The molecule has 3 aromatic rings. The number of carbonyl (C=O) groups is 2. The molecule has 5 nitrogen and oxygen atoms in total. The van der Waals surface area contributed by atoms with Gasteiger partial charge in [0, 0.05) is 0 Å². The third kappa shape index (κ3) is 5.47. The van der Waals surface area contributed by atoms with Gasteiger partial charge in [-0.1, -0.05) is 79.7 Å². The fraction of sp³-hybridized carbons (Fsp3) is 0.200. The fourth-order valence-electron chi connectivity index (χ4n) is 3.24. The van der Waals surface area contributed by atoms with Crippen LogP contribution in [-0.2, 0) is 9.59 Å². The molecule has 2 amide bonds. The highest BCUT2D eigenvalue weighted by molar-refractivity contribution is 5.90. The van der Waals surface area contributed by atoms with E-state index >= 15 is 0 Å². The number of hydrazine groups is 1. The Bertz CT molecular complexity index is 934. The van der Waals surface area contributed by atoms with E-state index in [1.54, 1.807) is 0 Å². The largest absolute Gasteiger partial charge is 0.481 e. The highest BCUT2D eigenvalue weighted by atomic mass is 16.5. The molecule has 3 rings (SSSR count). The van der Waals surface area contributed by atoms with E-state index < -0.39 is 17.9 Å². The lowest BCUT2D eigenvalue weighted by atomic mass is 9.91. The Kier molecular flexibility index (Phi) is 7.22. The summed E-state index contributed by atoms with van der Waals surface area (Å²) in [6, 6.07) is 26.5. The number of amides is 2. The molecule has 1 atom stereocenters. The van der Waals surface area contributed by atoms with E-state index in [0.29, 0.717) is 12.2 Å². The summed E-state index contributed by atoms with van der Waals surface area (Å²) < 4.78 is 5.80. The first-order valence-electron chi connectivity index (χ1n) is 10.0. The summed E-state index contributed by atoms with van der Waals surface area (Å²) >= 11 is 0. The van der Waals surface area contributed by atoms with E-state index in [9.17, 15) is 9.59 Å². The normalized spacial score (nSPS) is 11.6. The van der Waals surface area contributed by atoms with Crippen LogP contribution in [0.1, 0.15) is 36.0 Å². The lowest BCUT2D eigenvalue weighted by Crippen LogP contribution is -2.49. The Labute approximate surface area is 177 Å². The third-order valence-electron chi connectivity index (χ3n) is 4.77. The summed E-state index contributed by atoms with van der Waals surface area (Å²) in [5, 5.41) is 0. The molecule has 1 unspecified atom stereocenters. The Morgan fingerprint density at radius 3 is 1.90 bits per heavy atom. The third-order valence-corrected chi connectivity index (χ3v) is 4.77. The van der Waals surface area contributed by atoms with Crippen LogP contribution in [-0.4, -0.2) is 17.9 Å². The number of rotatable bonds is 7. The van der Waals surface area contributed by atoms with Gasteiger partial charge in [0.25, 0.3) is 5.91 Å². The zero-order chi connectivity index (χ0) is 21.3. The predicted octanol–water partition coefficient (Wildman–Crippen LogP) is 4.13. The van der Waals surface area contributed by atoms with Crippen molar-refractivity contribution in [3.05, 3.63) is 102 Å². The number of hydrogen-bond donors (Lipinski definition) is 2. The van der Waals surface area contributed by atoms with Gasteiger partial charge in [0.1, 0.15) is 5.75 Å². The molecule has 0 fully saturated rings. The smallest absolute Gasteiger partial charge is 0.279 e. The van der Waals surface area contributed by atoms with Gasteiger partial charge < -0.3 is 4.74 Å². The van der Waals surface area contributed by atoms with E-state index in [0.717, 1.165) is 16.7 Å². The van der Waals surface area contributed by atoms with Crippen LogP contribution in [0.4, 0.5) is 0 Å². The van der Waals surface area contributed by atoms with Gasteiger partial charge in [-0.05, 0) is 42.2 Å². The van der Waals surface area contributed by atoms with E-state index in [-0.39, 0.29) is 5.91 Å². The summed E-state index contributed by atoms with van der Waals surface area (Å²) in [5.41, 5.74) is 7.84. The number of nitrogens with one attached hydrogen (secondary N) is 2. The highest BCUT2D eigenvalue weighted by Gasteiger charge is 2.25. The lowest BCUT2D eigenvalue weighted by Gasteiger charge is -2.21. The summed E-state index contributed by atoms with van der Waals surface area (Å²) in [6.07, 6.45) is -0.241. The Morgan fingerprint density at radius 1 is 0.800 bits per heavy atom. The van der Waals surface area contributed by atoms with Gasteiger partial charge in [0.05, 0.1) is 5.92 Å². The SMILES string of the molecule is CCC(Oc1cccc(C)c1)C(=O)NNC(=O)C(c1ccccc1)c1ccccc1. The van der Waals surface area contributed by atoms with Gasteiger partial charge in [0.2, 0.25) is 5.91 Å². The molecule has 5 heteroatoms. The lowest BCUT2D eigenvalue weighted by molar-refractivity contribution is -0.133. The summed E-state index contributed by atoms with van der Waals surface area (Å²) in [6.45, 7) is 3.82. The molecule has 0 saturated heterocycles. The van der Waals surface area contributed by atoms with Gasteiger partial charge in [-0.15, -0.1) is 0 Å². The van der Waals surface area contributed by atoms with Crippen LogP contribution in [0.25, 0.3) is 0 Å². The second-order valence-electron chi connectivity index (χ2n) is 7.06. The van der Waals surface area contributed by atoms with Gasteiger partial charge in [-0.25, -0.2) is 0 Å². The quantitative estimate of drug-likeness (QED) is 0.584. The molecule has 0 radical (unpaired) electrons. The predicted molar refractivity (Wildman–Crippen MR) is 117 cm³/mol. The van der Waals surface area contributed by atoms with Crippen molar-refractivity contribution in [1.82, 2.24) is 10.9 Å². The van der Waals surface area contributed by atoms with E-state index in [1.807, 2.05) is 98.8 Å². The van der Waals surface area contributed by atoms with Crippen molar-refractivity contribution >= 4 is 11.8 Å². The second-order valence-corrected chi connectivity index (χ2v) is 7.06. The average Bonchev–Trinajstić information content (AvgIpc) is 2.77.